The molecule has 5 heteroatoms. The van der Waals surface area contributed by atoms with Crippen LogP contribution in [-0.4, -0.2) is 26.4 Å². The van der Waals surface area contributed by atoms with Gasteiger partial charge in [-0.05, 0) is 63.9 Å². The topological polar surface area (TPSA) is 36.9 Å². The highest BCUT2D eigenvalue weighted by Crippen LogP contribution is 2.27. The van der Waals surface area contributed by atoms with E-state index < -0.39 is 0 Å². The van der Waals surface area contributed by atoms with Gasteiger partial charge in [0.25, 0.3) is 0 Å². The molecule has 0 heterocycles. The van der Waals surface area contributed by atoms with Gasteiger partial charge < -0.3 is 18.9 Å². The van der Waals surface area contributed by atoms with Crippen LogP contribution in [0, 0.1) is 0 Å². The zero-order valence-corrected chi connectivity index (χ0v) is 25.4. The molecule has 4 nitrogen and oxygen atoms in total. The van der Waals surface area contributed by atoms with Gasteiger partial charge in [0.1, 0.15) is 23.0 Å². The van der Waals surface area contributed by atoms with E-state index in [0.29, 0.717) is 26.4 Å². The highest BCUT2D eigenvalue weighted by atomic mass is 79.9. The number of alkyl halides is 1. The zero-order valence-electron chi connectivity index (χ0n) is 23.8. The average molecular weight is 584 g/mol. The normalized spacial score (nSPS) is 11.8. The van der Waals surface area contributed by atoms with Crippen LogP contribution < -0.4 is 18.9 Å². The first kappa shape index (κ1) is 29.9. The summed E-state index contributed by atoms with van der Waals surface area (Å²) < 4.78 is 23.8. The highest BCUT2D eigenvalue weighted by molar-refractivity contribution is 9.08. The largest absolute Gasteiger partial charge is 0.493 e. The van der Waals surface area contributed by atoms with Crippen molar-refractivity contribution in [2.45, 2.75) is 70.5 Å². The minimum Gasteiger partial charge on any atom is -0.493 e. The molecule has 0 N–H and O–H groups in total. The molecule has 3 rings (SSSR count). The van der Waals surface area contributed by atoms with Gasteiger partial charge in [-0.3, -0.25) is 0 Å². The van der Waals surface area contributed by atoms with Gasteiger partial charge in [0.15, 0.2) is 0 Å². The zero-order chi connectivity index (χ0) is 27.6. The van der Waals surface area contributed by atoms with E-state index in [0.717, 1.165) is 46.7 Å². The van der Waals surface area contributed by atoms with E-state index in [1.807, 2.05) is 42.5 Å². The second-order valence-corrected chi connectivity index (χ2v) is 12.2. The molecule has 0 saturated heterocycles. The smallest absolute Gasteiger partial charge is 0.123 e. The van der Waals surface area contributed by atoms with Crippen LogP contribution in [0.2, 0.25) is 0 Å². The Bertz CT molecular complexity index is 1020. The molecule has 0 spiro atoms. The lowest BCUT2D eigenvalue weighted by Gasteiger charge is -2.19. The molecule has 0 fully saturated rings. The molecule has 0 aliphatic heterocycles. The molecule has 0 aliphatic rings. The minimum absolute atomic E-state index is 0.144. The summed E-state index contributed by atoms with van der Waals surface area (Å²) in [5.41, 5.74) is 4.01. The second kappa shape index (κ2) is 13.9. The third kappa shape index (κ3) is 9.90. The quantitative estimate of drug-likeness (QED) is 0.149. The number of hydrogen-bond acceptors (Lipinski definition) is 4. The fourth-order valence-electron chi connectivity index (χ4n) is 3.85. The van der Waals surface area contributed by atoms with Gasteiger partial charge in [-0.25, -0.2) is 0 Å². The first-order valence-electron chi connectivity index (χ1n) is 13.5. The van der Waals surface area contributed by atoms with E-state index in [2.05, 4.69) is 81.7 Å². The van der Waals surface area contributed by atoms with Crippen LogP contribution in [0.25, 0.3) is 0 Å². The third-order valence-electron chi connectivity index (χ3n) is 6.19. The highest BCUT2D eigenvalue weighted by Gasteiger charge is 2.14. The van der Waals surface area contributed by atoms with Crippen LogP contribution in [0.1, 0.15) is 71.1 Å². The molecule has 3 aromatic carbocycles. The fourth-order valence-corrected chi connectivity index (χ4v) is 4.18. The molecular weight excluding hydrogens is 540 g/mol. The van der Waals surface area contributed by atoms with Crippen molar-refractivity contribution in [2.24, 2.45) is 0 Å². The molecule has 3 aromatic rings. The number of hydrogen-bond donors (Lipinski definition) is 0. The lowest BCUT2D eigenvalue weighted by molar-refractivity contribution is 0.240. The standard InChI is InChI=1S/C33H43BrO4/c1-32(2,3)26-9-13-28(14-10-26)35-17-7-19-37-30-21-25(24-34)22-31(23-30)38-20-8-18-36-29-15-11-27(12-16-29)33(4,5)6/h9-16,21-23H,7-8,17-20,24H2,1-6H3. The number of benzene rings is 3. The molecule has 0 saturated carbocycles. The summed E-state index contributed by atoms with van der Waals surface area (Å²) in [5.74, 6) is 3.39. The number of halogens is 1. The molecule has 0 atom stereocenters. The van der Waals surface area contributed by atoms with Gasteiger partial charge >= 0.3 is 0 Å². The predicted octanol–water partition coefficient (Wildman–Crippen LogP) is 8.87. The Morgan fingerprint density at radius 3 is 1.16 bits per heavy atom. The minimum atomic E-state index is 0.144. The lowest BCUT2D eigenvalue weighted by Crippen LogP contribution is -2.11. The first-order chi connectivity index (χ1) is 18.0. The number of rotatable bonds is 13. The van der Waals surface area contributed by atoms with Crippen molar-refractivity contribution < 1.29 is 18.9 Å². The van der Waals surface area contributed by atoms with Crippen molar-refractivity contribution >= 4 is 15.9 Å². The van der Waals surface area contributed by atoms with E-state index in [1.54, 1.807) is 0 Å². The number of ether oxygens (including phenoxy) is 4. The monoisotopic (exact) mass is 582 g/mol. The van der Waals surface area contributed by atoms with Gasteiger partial charge in [0.2, 0.25) is 0 Å². The van der Waals surface area contributed by atoms with E-state index in [9.17, 15) is 0 Å². The Balaban J connectivity index is 1.38. The molecule has 0 aliphatic carbocycles. The van der Waals surface area contributed by atoms with Crippen LogP contribution in [0.15, 0.2) is 66.7 Å². The maximum absolute atomic E-state index is 6.00. The third-order valence-corrected chi connectivity index (χ3v) is 6.83. The van der Waals surface area contributed by atoms with E-state index >= 15 is 0 Å². The van der Waals surface area contributed by atoms with Gasteiger partial charge in [0, 0.05) is 24.2 Å². The molecule has 206 valence electrons. The summed E-state index contributed by atoms with van der Waals surface area (Å²) >= 11 is 3.55. The van der Waals surface area contributed by atoms with E-state index in [-0.39, 0.29) is 10.8 Å². The summed E-state index contributed by atoms with van der Waals surface area (Å²) in [7, 11) is 0. The van der Waals surface area contributed by atoms with E-state index in [4.69, 9.17) is 18.9 Å². The maximum Gasteiger partial charge on any atom is 0.123 e. The summed E-state index contributed by atoms with van der Waals surface area (Å²) in [6.45, 7) is 15.6. The van der Waals surface area contributed by atoms with Crippen LogP contribution >= 0.6 is 15.9 Å². The van der Waals surface area contributed by atoms with Crippen molar-refractivity contribution in [3.63, 3.8) is 0 Å². The SMILES string of the molecule is CC(C)(C)c1ccc(OCCCOc2cc(CBr)cc(OCCCOc3ccc(C(C)(C)C)cc3)c2)cc1. The Morgan fingerprint density at radius 2 is 0.842 bits per heavy atom. The van der Waals surface area contributed by atoms with Crippen molar-refractivity contribution in [1.82, 2.24) is 0 Å². The average Bonchev–Trinajstić information content (AvgIpc) is 2.87. The van der Waals surface area contributed by atoms with Crippen molar-refractivity contribution in [1.29, 1.82) is 0 Å². The summed E-state index contributed by atoms with van der Waals surface area (Å²) in [6.07, 6.45) is 1.59. The molecule has 0 radical (unpaired) electrons. The summed E-state index contributed by atoms with van der Waals surface area (Å²) in [5, 5.41) is 0.738. The Hall–Kier alpha value is -2.66. The Kier molecular flexibility index (Phi) is 11.0. The first-order valence-corrected chi connectivity index (χ1v) is 14.6. The van der Waals surface area contributed by atoms with Crippen LogP contribution in [0.4, 0.5) is 0 Å². The molecule has 0 bridgehead atoms. The van der Waals surface area contributed by atoms with Crippen LogP contribution in [0.3, 0.4) is 0 Å². The van der Waals surface area contributed by atoms with Gasteiger partial charge in [0.05, 0.1) is 26.4 Å². The van der Waals surface area contributed by atoms with Crippen molar-refractivity contribution in [3.05, 3.63) is 83.4 Å². The lowest BCUT2D eigenvalue weighted by atomic mass is 9.87. The van der Waals surface area contributed by atoms with Crippen LogP contribution in [-0.2, 0) is 16.2 Å². The molecule has 0 amide bonds. The van der Waals surface area contributed by atoms with Gasteiger partial charge in [-0.1, -0.05) is 81.7 Å². The fraction of sp³-hybridized carbons (Fsp3) is 0.455. The predicted molar refractivity (Wildman–Crippen MR) is 161 cm³/mol. The van der Waals surface area contributed by atoms with Gasteiger partial charge in [-0.2, -0.15) is 0 Å². The summed E-state index contributed by atoms with van der Waals surface area (Å²) in [4.78, 5) is 0. The second-order valence-electron chi connectivity index (χ2n) is 11.6. The molecule has 0 aromatic heterocycles. The summed E-state index contributed by atoms with van der Waals surface area (Å²) in [6, 6.07) is 22.7. The van der Waals surface area contributed by atoms with Crippen molar-refractivity contribution in [2.75, 3.05) is 26.4 Å². The van der Waals surface area contributed by atoms with Crippen molar-refractivity contribution in [3.8, 4) is 23.0 Å². The molecular formula is C33H43BrO4. The Labute approximate surface area is 237 Å². The molecule has 38 heavy (non-hydrogen) atoms. The van der Waals surface area contributed by atoms with E-state index in [1.165, 1.54) is 11.1 Å². The van der Waals surface area contributed by atoms with Gasteiger partial charge in [-0.15, -0.1) is 0 Å². The Morgan fingerprint density at radius 1 is 0.500 bits per heavy atom. The maximum atomic E-state index is 6.00. The molecule has 0 unspecified atom stereocenters. The van der Waals surface area contributed by atoms with Crippen LogP contribution in [0.5, 0.6) is 23.0 Å².